The highest BCUT2D eigenvalue weighted by atomic mass is 32.1. The lowest BCUT2D eigenvalue weighted by atomic mass is 9.56. The third-order valence-corrected chi connectivity index (χ3v) is 4.45. The van der Waals surface area contributed by atoms with E-state index in [2.05, 4.69) is 36.7 Å². The van der Waals surface area contributed by atoms with Crippen LogP contribution < -0.4 is 5.32 Å². The topological polar surface area (TPSA) is 29.1 Å². The highest BCUT2D eigenvalue weighted by Crippen LogP contribution is 2.24. The van der Waals surface area contributed by atoms with E-state index in [9.17, 15) is 4.79 Å². The molecular weight excluding hydrogens is 253 g/mol. The number of carbonyl (C=O) groups excluding carboxylic acids is 1. The molecule has 0 saturated carbocycles. The van der Waals surface area contributed by atoms with Crippen LogP contribution in [-0.4, -0.2) is 19.0 Å². The van der Waals surface area contributed by atoms with Crippen molar-refractivity contribution in [2.45, 2.75) is 44.9 Å². The van der Waals surface area contributed by atoms with Crippen LogP contribution in [0.2, 0.25) is 6.32 Å². The van der Waals surface area contributed by atoms with Gasteiger partial charge in [-0.05, 0) is 43.1 Å². The number of carbonyl (C=O) groups is 1. The molecule has 1 aliphatic rings. The summed E-state index contributed by atoms with van der Waals surface area (Å²) in [6, 6.07) is 4.22. The van der Waals surface area contributed by atoms with Gasteiger partial charge in [-0.25, -0.2) is 0 Å². The fraction of sp³-hybridized carbons (Fsp3) is 0.533. The Morgan fingerprint density at radius 2 is 2.42 bits per heavy atom. The fourth-order valence-corrected chi connectivity index (χ4v) is 3.41. The summed E-state index contributed by atoms with van der Waals surface area (Å²) in [5.41, 5.74) is 1.09. The van der Waals surface area contributed by atoms with E-state index in [1.807, 2.05) is 0 Å². The van der Waals surface area contributed by atoms with Gasteiger partial charge >= 0.3 is 0 Å². The highest BCUT2D eigenvalue weighted by molar-refractivity contribution is 7.09. The van der Waals surface area contributed by atoms with Gasteiger partial charge in [0.25, 0.3) is 0 Å². The summed E-state index contributed by atoms with van der Waals surface area (Å²) < 4.78 is 0. The molecule has 0 aliphatic carbocycles. The molecule has 1 N–H and O–H groups in total. The van der Waals surface area contributed by atoms with Gasteiger partial charge in [-0.15, -0.1) is 11.3 Å². The average Bonchev–Trinajstić information content (AvgIpc) is 2.83. The highest BCUT2D eigenvalue weighted by Gasteiger charge is 2.23. The van der Waals surface area contributed by atoms with Crippen molar-refractivity contribution in [2.24, 2.45) is 5.92 Å². The van der Waals surface area contributed by atoms with Crippen molar-refractivity contribution in [1.82, 2.24) is 5.32 Å². The molecule has 0 unspecified atom stereocenters. The maximum absolute atomic E-state index is 11.1. The second kappa shape index (κ2) is 6.95. The normalized spacial score (nSPS) is 22.6. The number of thiophene rings is 1. The molecule has 2 nitrogen and oxygen atoms in total. The Bertz CT molecular complexity index is 421. The van der Waals surface area contributed by atoms with Crippen LogP contribution >= 0.6 is 11.3 Å². The molecule has 0 amide bonds. The maximum Gasteiger partial charge on any atom is 0.140 e. The molecule has 1 radical (unpaired) electrons. The molecule has 1 aliphatic heterocycles. The summed E-state index contributed by atoms with van der Waals surface area (Å²) in [5.74, 6) is 1.30. The molecule has 4 heteroatoms. The summed E-state index contributed by atoms with van der Waals surface area (Å²) >= 11 is 1.77. The van der Waals surface area contributed by atoms with Crippen molar-refractivity contribution < 1.29 is 4.79 Å². The second-order valence-electron chi connectivity index (χ2n) is 5.43. The smallest absolute Gasteiger partial charge is 0.140 e. The fourth-order valence-electron chi connectivity index (χ4n) is 2.67. The van der Waals surface area contributed by atoms with Gasteiger partial charge in [0.2, 0.25) is 0 Å². The van der Waals surface area contributed by atoms with Crippen molar-refractivity contribution in [3.05, 3.63) is 34.7 Å². The predicted molar refractivity (Wildman–Crippen MR) is 82.7 cm³/mol. The van der Waals surface area contributed by atoms with Crippen LogP contribution in [0.3, 0.4) is 0 Å². The Hall–Kier alpha value is -1.03. The minimum Gasteiger partial charge on any atom is -0.394 e. The first-order valence-electron chi connectivity index (χ1n) is 6.93. The van der Waals surface area contributed by atoms with Gasteiger partial charge in [0.1, 0.15) is 13.1 Å². The largest absolute Gasteiger partial charge is 0.394 e. The summed E-state index contributed by atoms with van der Waals surface area (Å²) in [7, 11) is 2.32. The molecule has 0 spiro atoms. The molecule has 2 heterocycles. The average molecular weight is 274 g/mol. The maximum atomic E-state index is 11.1. The standard InChI is InChI=1S/C15H21BNOS/c1-11(8-14-4-3-7-19-14)17-15-6-5-13(10-16-15)9-12(2)18/h3-4,7,13,15,17H,1,5-6,8-10H2,2H3/t13-,15-/m0/s1. The van der Waals surface area contributed by atoms with Crippen LogP contribution in [0.25, 0.3) is 0 Å². The number of ketones is 1. The molecule has 2 atom stereocenters. The van der Waals surface area contributed by atoms with Crippen molar-refractivity contribution in [2.75, 3.05) is 0 Å². The van der Waals surface area contributed by atoms with Crippen LogP contribution in [0.5, 0.6) is 0 Å². The van der Waals surface area contributed by atoms with E-state index in [-0.39, 0.29) is 0 Å². The second-order valence-corrected chi connectivity index (χ2v) is 6.46. The Morgan fingerprint density at radius 3 is 3.00 bits per heavy atom. The van der Waals surface area contributed by atoms with Gasteiger partial charge in [-0.3, -0.25) is 0 Å². The lowest BCUT2D eigenvalue weighted by Crippen LogP contribution is -2.38. The molecule has 0 aromatic carbocycles. The third-order valence-electron chi connectivity index (χ3n) is 3.57. The molecule has 19 heavy (non-hydrogen) atoms. The Balaban J connectivity index is 1.70. The van der Waals surface area contributed by atoms with E-state index in [0.29, 0.717) is 17.6 Å². The molecule has 0 bridgehead atoms. The van der Waals surface area contributed by atoms with Crippen LogP contribution in [0.4, 0.5) is 0 Å². The van der Waals surface area contributed by atoms with Crippen molar-refractivity contribution >= 4 is 24.4 Å². The number of Topliss-reactive ketones (excluding diaryl/α,β-unsaturated/α-hetero) is 1. The summed E-state index contributed by atoms with van der Waals surface area (Å²) in [6.07, 6.45) is 4.95. The SMILES string of the molecule is C=C(Cc1cccs1)N[C@@H]1[B]C[C@H](CC(C)=O)CC1. The number of rotatable bonds is 6. The number of hydrogen-bond acceptors (Lipinski definition) is 3. The van der Waals surface area contributed by atoms with Gasteiger partial charge in [0.05, 0.1) is 0 Å². The van der Waals surface area contributed by atoms with E-state index in [1.165, 1.54) is 4.88 Å². The molecular formula is C15H21BNOS. The van der Waals surface area contributed by atoms with Crippen LogP contribution in [-0.2, 0) is 11.2 Å². The van der Waals surface area contributed by atoms with Crippen molar-refractivity contribution in [3.8, 4) is 0 Å². The quantitative estimate of drug-likeness (QED) is 0.807. The molecule has 1 fully saturated rings. The van der Waals surface area contributed by atoms with E-state index in [1.54, 1.807) is 18.3 Å². The Morgan fingerprint density at radius 1 is 1.58 bits per heavy atom. The summed E-state index contributed by atoms with van der Waals surface area (Å²) in [4.78, 5) is 12.5. The number of hydrogen-bond donors (Lipinski definition) is 1. The zero-order valence-electron chi connectivity index (χ0n) is 11.5. The molecule has 101 valence electrons. The van der Waals surface area contributed by atoms with Gasteiger partial charge in [0, 0.05) is 23.4 Å². The molecule has 1 saturated heterocycles. The Kier molecular flexibility index (Phi) is 5.26. The van der Waals surface area contributed by atoms with Crippen molar-refractivity contribution in [3.63, 3.8) is 0 Å². The summed E-state index contributed by atoms with van der Waals surface area (Å²) in [6.45, 7) is 5.80. The van der Waals surface area contributed by atoms with Crippen LogP contribution in [0, 0.1) is 5.92 Å². The third kappa shape index (κ3) is 4.86. The van der Waals surface area contributed by atoms with E-state index < -0.39 is 0 Å². The number of nitrogens with one attached hydrogen (secondary N) is 1. The monoisotopic (exact) mass is 274 g/mol. The van der Waals surface area contributed by atoms with Gasteiger partial charge < -0.3 is 10.1 Å². The molecule has 2 rings (SSSR count). The van der Waals surface area contributed by atoms with E-state index in [0.717, 1.165) is 37.7 Å². The van der Waals surface area contributed by atoms with Gasteiger partial charge in [-0.2, -0.15) is 0 Å². The first-order valence-corrected chi connectivity index (χ1v) is 7.81. The van der Waals surface area contributed by atoms with Crippen LogP contribution in [0.15, 0.2) is 29.8 Å². The van der Waals surface area contributed by atoms with E-state index >= 15 is 0 Å². The van der Waals surface area contributed by atoms with E-state index in [4.69, 9.17) is 0 Å². The first-order chi connectivity index (χ1) is 9.13. The molecule has 1 aromatic heterocycles. The van der Waals surface area contributed by atoms with Gasteiger partial charge in [-0.1, -0.05) is 19.0 Å². The Labute approximate surface area is 120 Å². The van der Waals surface area contributed by atoms with Gasteiger partial charge in [0.15, 0.2) is 0 Å². The zero-order chi connectivity index (χ0) is 13.7. The number of allylic oxidation sites excluding steroid dienone is 1. The minimum absolute atomic E-state index is 0.312. The molecule has 1 aromatic rings. The minimum atomic E-state index is 0.312. The van der Waals surface area contributed by atoms with Crippen LogP contribution in [0.1, 0.15) is 31.1 Å². The zero-order valence-corrected chi connectivity index (χ0v) is 12.3. The lowest BCUT2D eigenvalue weighted by Gasteiger charge is -2.29. The van der Waals surface area contributed by atoms with Crippen molar-refractivity contribution in [1.29, 1.82) is 0 Å². The lowest BCUT2D eigenvalue weighted by molar-refractivity contribution is -0.117. The first kappa shape index (κ1) is 14.4. The predicted octanol–water partition coefficient (Wildman–Crippen LogP) is 3.23. The summed E-state index contributed by atoms with van der Waals surface area (Å²) in [5, 5.41) is 5.60.